The van der Waals surface area contributed by atoms with E-state index in [-0.39, 0.29) is 5.75 Å². The van der Waals surface area contributed by atoms with Crippen LogP contribution in [0.5, 0.6) is 0 Å². The number of fused-ring (bicyclic) bond motifs is 1. The van der Waals surface area contributed by atoms with E-state index >= 15 is 0 Å². The molecule has 0 aliphatic carbocycles. The molecule has 102 valence electrons. The van der Waals surface area contributed by atoms with Crippen LogP contribution in [0, 0.1) is 0 Å². The highest BCUT2D eigenvalue weighted by Gasteiger charge is 2.05. The number of benzene rings is 1. The summed E-state index contributed by atoms with van der Waals surface area (Å²) in [7, 11) is -3.40. The highest BCUT2D eigenvalue weighted by Crippen LogP contribution is 2.27. The average molecular weight is 280 g/mol. The zero-order chi connectivity index (χ0) is 13.9. The van der Waals surface area contributed by atoms with E-state index in [9.17, 15) is 8.42 Å². The molecule has 0 saturated heterocycles. The van der Waals surface area contributed by atoms with Crippen molar-refractivity contribution in [3.63, 3.8) is 0 Å². The molecule has 0 aliphatic heterocycles. The Hall–Kier alpha value is -1.86. The zero-order valence-corrected chi connectivity index (χ0v) is 11.2. The fourth-order valence-electron chi connectivity index (χ4n) is 1.86. The van der Waals surface area contributed by atoms with Crippen LogP contribution >= 0.6 is 0 Å². The predicted molar refractivity (Wildman–Crippen MR) is 77.2 cm³/mol. The van der Waals surface area contributed by atoms with Gasteiger partial charge in [-0.2, -0.15) is 0 Å². The van der Waals surface area contributed by atoms with Gasteiger partial charge in [0.05, 0.1) is 5.75 Å². The normalized spacial score (nSPS) is 11.6. The first-order valence-corrected chi connectivity index (χ1v) is 7.55. The number of aromatic nitrogens is 1. The maximum atomic E-state index is 10.8. The first kappa shape index (κ1) is 13.6. The lowest BCUT2D eigenvalue weighted by atomic mass is 10.1. The molecule has 1 heterocycles. The lowest BCUT2D eigenvalue weighted by Crippen LogP contribution is -2.18. The number of rotatable bonds is 5. The van der Waals surface area contributed by atoms with Crippen LogP contribution in [0.4, 0.5) is 11.4 Å². The van der Waals surface area contributed by atoms with Crippen LogP contribution in [0.3, 0.4) is 0 Å². The van der Waals surface area contributed by atoms with Crippen LogP contribution in [-0.2, 0) is 10.0 Å². The van der Waals surface area contributed by atoms with Gasteiger partial charge in [0, 0.05) is 41.1 Å². The van der Waals surface area contributed by atoms with Gasteiger partial charge in [-0.15, -0.1) is 0 Å². The molecule has 0 fully saturated rings. The van der Waals surface area contributed by atoms with E-state index in [2.05, 4.69) is 10.3 Å². The smallest absolute Gasteiger partial charge is 0.209 e. The predicted octanol–water partition coefficient (Wildman–Crippen LogP) is 0.908. The third-order valence-electron chi connectivity index (χ3n) is 2.77. The number of nitrogens with one attached hydrogen (secondary N) is 1. The number of primary sulfonamides is 1. The number of nitrogen functional groups attached to an aromatic ring is 1. The number of pyridine rings is 1. The largest absolute Gasteiger partial charge is 0.398 e. The quantitative estimate of drug-likeness (QED) is 0.557. The average Bonchev–Trinajstić information content (AvgIpc) is 2.36. The second kappa shape index (κ2) is 5.41. The van der Waals surface area contributed by atoms with Gasteiger partial charge in [0.25, 0.3) is 0 Å². The Balaban J connectivity index is 2.11. The second-order valence-electron chi connectivity index (χ2n) is 4.27. The van der Waals surface area contributed by atoms with Gasteiger partial charge in [-0.05, 0) is 24.6 Å². The van der Waals surface area contributed by atoms with E-state index in [4.69, 9.17) is 10.9 Å². The fraction of sp³-hybridized carbons (Fsp3) is 0.250. The third-order valence-corrected chi connectivity index (χ3v) is 3.63. The molecule has 6 nitrogen and oxygen atoms in total. The molecule has 0 aliphatic rings. The molecule has 0 saturated carbocycles. The molecule has 0 unspecified atom stereocenters. The molecule has 0 atom stereocenters. The van der Waals surface area contributed by atoms with Crippen molar-refractivity contribution in [1.29, 1.82) is 0 Å². The molecule has 0 spiro atoms. The molecule has 1 aromatic heterocycles. The van der Waals surface area contributed by atoms with E-state index in [1.54, 1.807) is 12.4 Å². The van der Waals surface area contributed by atoms with Crippen molar-refractivity contribution in [3.05, 3.63) is 30.6 Å². The number of nitrogens with two attached hydrogens (primary N) is 2. The van der Waals surface area contributed by atoms with Crippen LogP contribution in [0.15, 0.2) is 30.6 Å². The summed E-state index contributed by atoms with van der Waals surface area (Å²) in [6.45, 7) is 0.518. The van der Waals surface area contributed by atoms with Crippen molar-refractivity contribution < 1.29 is 8.42 Å². The Bertz CT molecular complexity index is 685. The van der Waals surface area contributed by atoms with Gasteiger partial charge in [-0.1, -0.05) is 0 Å². The van der Waals surface area contributed by atoms with Crippen molar-refractivity contribution in [3.8, 4) is 0 Å². The standard InChI is InChI=1S/C12H16N4O2S/c13-11-2-3-12(10-8-15-6-4-9(10)11)16-5-1-7-19(14,17)18/h2-4,6,8,16H,1,5,7,13H2,(H2,14,17,18). The van der Waals surface area contributed by atoms with Crippen molar-refractivity contribution in [1.82, 2.24) is 4.98 Å². The summed E-state index contributed by atoms with van der Waals surface area (Å²) in [4.78, 5) is 4.07. The first-order valence-electron chi connectivity index (χ1n) is 5.84. The van der Waals surface area contributed by atoms with Gasteiger partial charge in [0.1, 0.15) is 0 Å². The minimum absolute atomic E-state index is 0.0366. The van der Waals surface area contributed by atoms with Gasteiger partial charge in [0.15, 0.2) is 0 Å². The van der Waals surface area contributed by atoms with Crippen molar-refractivity contribution in [2.45, 2.75) is 6.42 Å². The van der Waals surface area contributed by atoms with Crippen molar-refractivity contribution in [2.24, 2.45) is 5.14 Å². The minimum Gasteiger partial charge on any atom is -0.398 e. The summed E-state index contributed by atoms with van der Waals surface area (Å²) < 4.78 is 21.6. The van der Waals surface area contributed by atoms with Crippen LogP contribution in [0.2, 0.25) is 0 Å². The number of hydrogen-bond donors (Lipinski definition) is 3. The van der Waals surface area contributed by atoms with Crippen LogP contribution in [-0.4, -0.2) is 25.7 Å². The Morgan fingerprint density at radius 3 is 2.74 bits per heavy atom. The monoisotopic (exact) mass is 280 g/mol. The molecule has 7 heteroatoms. The molecule has 19 heavy (non-hydrogen) atoms. The lowest BCUT2D eigenvalue weighted by Gasteiger charge is -2.10. The number of anilines is 2. The molecule has 1 aromatic carbocycles. The molecular weight excluding hydrogens is 264 g/mol. The molecule has 0 amide bonds. The van der Waals surface area contributed by atoms with Gasteiger partial charge in [0.2, 0.25) is 10.0 Å². The summed E-state index contributed by atoms with van der Waals surface area (Å²) in [6.07, 6.45) is 3.86. The topological polar surface area (TPSA) is 111 Å². The van der Waals surface area contributed by atoms with E-state index < -0.39 is 10.0 Å². The van der Waals surface area contributed by atoms with Gasteiger partial charge >= 0.3 is 0 Å². The SMILES string of the molecule is Nc1ccc(NCCCS(N)(=O)=O)c2cnccc12. The summed E-state index contributed by atoms with van der Waals surface area (Å²) >= 11 is 0. The lowest BCUT2D eigenvalue weighted by molar-refractivity contribution is 0.596. The van der Waals surface area contributed by atoms with Crippen LogP contribution in [0.1, 0.15) is 6.42 Å². The molecule has 2 rings (SSSR count). The highest BCUT2D eigenvalue weighted by atomic mass is 32.2. The Kier molecular flexibility index (Phi) is 3.87. The minimum atomic E-state index is -3.40. The summed E-state index contributed by atoms with van der Waals surface area (Å²) in [5.74, 6) is -0.0366. The summed E-state index contributed by atoms with van der Waals surface area (Å²) in [5.41, 5.74) is 7.45. The first-order chi connectivity index (χ1) is 8.97. The number of hydrogen-bond acceptors (Lipinski definition) is 5. The maximum absolute atomic E-state index is 10.8. The van der Waals surface area contributed by atoms with Gasteiger partial charge in [-0.3, -0.25) is 4.98 Å². The molecular formula is C12H16N4O2S. The molecule has 0 radical (unpaired) electrons. The van der Waals surface area contributed by atoms with E-state index in [1.807, 2.05) is 18.2 Å². The van der Waals surface area contributed by atoms with Crippen molar-refractivity contribution in [2.75, 3.05) is 23.3 Å². The Labute approximate surface area is 111 Å². The third kappa shape index (κ3) is 3.55. The zero-order valence-electron chi connectivity index (χ0n) is 10.3. The second-order valence-corrected chi connectivity index (χ2v) is 6.00. The van der Waals surface area contributed by atoms with Crippen molar-refractivity contribution >= 4 is 32.2 Å². The van der Waals surface area contributed by atoms with Crippen LogP contribution < -0.4 is 16.2 Å². The molecule has 5 N–H and O–H groups in total. The summed E-state index contributed by atoms with van der Waals surface area (Å²) in [5, 5.41) is 9.95. The fourth-order valence-corrected chi connectivity index (χ4v) is 2.41. The number of sulfonamides is 1. The molecule has 0 bridgehead atoms. The Morgan fingerprint density at radius 1 is 1.21 bits per heavy atom. The summed E-state index contributed by atoms with van der Waals surface area (Å²) in [6, 6.07) is 5.51. The van der Waals surface area contributed by atoms with E-state index in [0.717, 1.165) is 16.5 Å². The van der Waals surface area contributed by atoms with Gasteiger partial charge < -0.3 is 11.1 Å². The van der Waals surface area contributed by atoms with E-state index in [0.29, 0.717) is 18.7 Å². The highest BCUT2D eigenvalue weighted by molar-refractivity contribution is 7.89. The maximum Gasteiger partial charge on any atom is 0.209 e. The van der Waals surface area contributed by atoms with E-state index in [1.165, 1.54) is 0 Å². The molecule has 2 aromatic rings. The van der Waals surface area contributed by atoms with Gasteiger partial charge in [-0.25, -0.2) is 13.6 Å². The van der Waals surface area contributed by atoms with Crippen LogP contribution in [0.25, 0.3) is 10.8 Å². The Morgan fingerprint density at radius 2 is 2.00 bits per heavy atom. The number of nitrogens with zero attached hydrogens (tertiary/aromatic N) is 1.